The average Bonchev–Trinajstić information content (AvgIpc) is 2.74. The summed E-state index contributed by atoms with van der Waals surface area (Å²) >= 11 is 1.52. The fraction of sp³-hybridized carbons (Fsp3) is 0.364. The highest BCUT2D eigenvalue weighted by molar-refractivity contribution is 7.15. The van der Waals surface area contributed by atoms with Gasteiger partial charge in [0.05, 0.1) is 16.3 Å². The minimum atomic E-state index is -0.324. The summed E-state index contributed by atoms with van der Waals surface area (Å²) in [7, 11) is 0. The Kier molecular flexibility index (Phi) is 2.97. The largest absolute Gasteiger partial charge is 0.290 e. The van der Waals surface area contributed by atoms with Crippen molar-refractivity contribution in [2.24, 2.45) is 5.92 Å². The molecule has 0 atom stereocenters. The smallest absolute Gasteiger partial charge is 0.250 e. The summed E-state index contributed by atoms with van der Waals surface area (Å²) in [5, 5.41) is 12.9. The lowest BCUT2D eigenvalue weighted by molar-refractivity contribution is -0.431. The number of imidazole rings is 1. The van der Waals surface area contributed by atoms with Crippen molar-refractivity contribution in [3.05, 3.63) is 38.8 Å². The molecule has 2 aromatic rings. The van der Waals surface area contributed by atoms with Crippen molar-refractivity contribution in [3.8, 4) is 0 Å². The van der Waals surface area contributed by atoms with Crippen LogP contribution in [0, 0.1) is 23.0 Å². The van der Waals surface area contributed by atoms with Gasteiger partial charge in [0.2, 0.25) is 0 Å². The SMILES string of the molecule is Cc1nc2sccn2c1/C=C(/C(C)C)[N+](=O)[O-]. The molecule has 2 rings (SSSR count). The number of hydrogen-bond acceptors (Lipinski definition) is 4. The highest BCUT2D eigenvalue weighted by atomic mass is 32.1. The minimum Gasteiger partial charge on any atom is -0.290 e. The molecule has 0 spiro atoms. The Balaban J connectivity index is 2.59. The van der Waals surface area contributed by atoms with Crippen LogP contribution >= 0.6 is 11.3 Å². The first-order valence-corrected chi connectivity index (χ1v) is 6.16. The van der Waals surface area contributed by atoms with E-state index in [1.165, 1.54) is 11.3 Å². The first kappa shape index (κ1) is 11.8. The van der Waals surface area contributed by atoms with Crippen molar-refractivity contribution in [1.29, 1.82) is 0 Å². The van der Waals surface area contributed by atoms with E-state index in [0.29, 0.717) is 0 Å². The zero-order chi connectivity index (χ0) is 12.6. The van der Waals surface area contributed by atoms with Crippen LogP contribution in [-0.2, 0) is 0 Å². The van der Waals surface area contributed by atoms with Crippen molar-refractivity contribution < 1.29 is 4.92 Å². The van der Waals surface area contributed by atoms with E-state index in [9.17, 15) is 10.1 Å². The number of hydrogen-bond donors (Lipinski definition) is 0. The predicted molar refractivity (Wildman–Crippen MR) is 67.6 cm³/mol. The molecule has 0 amide bonds. The molecule has 0 aliphatic heterocycles. The van der Waals surface area contributed by atoms with Gasteiger partial charge in [-0.25, -0.2) is 4.98 Å². The lowest BCUT2D eigenvalue weighted by Crippen LogP contribution is -2.06. The predicted octanol–water partition coefficient (Wildman–Crippen LogP) is 2.98. The second-order valence-corrected chi connectivity index (χ2v) is 4.99. The second kappa shape index (κ2) is 4.29. The topological polar surface area (TPSA) is 60.4 Å². The Morgan fingerprint density at radius 1 is 1.65 bits per heavy atom. The maximum absolute atomic E-state index is 11.0. The minimum absolute atomic E-state index is 0.117. The fourth-order valence-corrected chi connectivity index (χ4v) is 2.42. The number of fused-ring (bicyclic) bond motifs is 1. The van der Waals surface area contributed by atoms with Gasteiger partial charge >= 0.3 is 0 Å². The third-order valence-electron chi connectivity index (χ3n) is 2.57. The number of aryl methyl sites for hydroxylation is 1. The third kappa shape index (κ3) is 2.08. The number of aromatic nitrogens is 2. The molecular formula is C11H13N3O2S. The Bertz CT molecular complexity index is 595. The van der Waals surface area contributed by atoms with Crippen LogP contribution in [0.4, 0.5) is 0 Å². The highest BCUT2D eigenvalue weighted by Gasteiger charge is 2.18. The summed E-state index contributed by atoms with van der Waals surface area (Å²) < 4.78 is 1.88. The molecule has 0 bridgehead atoms. The van der Waals surface area contributed by atoms with E-state index in [4.69, 9.17) is 0 Å². The monoisotopic (exact) mass is 251 g/mol. The Morgan fingerprint density at radius 2 is 2.35 bits per heavy atom. The zero-order valence-corrected chi connectivity index (χ0v) is 10.7. The van der Waals surface area contributed by atoms with Gasteiger partial charge < -0.3 is 0 Å². The maximum Gasteiger partial charge on any atom is 0.250 e. The number of rotatable bonds is 3. The zero-order valence-electron chi connectivity index (χ0n) is 9.88. The fourth-order valence-electron chi connectivity index (χ4n) is 1.66. The van der Waals surface area contributed by atoms with E-state index in [1.54, 1.807) is 6.08 Å². The maximum atomic E-state index is 11.0. The molecule has 2 aromatic heterocycles. The van der Waals surface area contributed by atoms with E-state index in [2.05, 4.69) is 4.98 Å². The van der Waals surface area contributed by atoms with E-state index in [0.717, 1.165) is 16.3 Å². The lowest BCUT2D eigenvalue weighted by atomic mass is 10.1. The van der Waals surface area contributed by atoms with E-state index in [-0.39, 0.29) is 16.5 Å². The lowest BCUT2D eigenvalue weighted by Gasteiger charge is -2.01. The van der Waals surface area contributed by atoms with Crippen LogP contribution < -0.4 is 0 Å². The molecular weight excluding hydrogens is 238 g/mol. The molecule has 0 radical (unpaired) electrons. The summed E-state index contributed by atoms with van der Waals surface area (Å²) in [6, 6.07) is 0. The summed E-state index contributed by atoms with van der Waals surface area (Å²) in [5.41, 5.74) is 1.82. The summed E-state index contributed by atoms with van der Waals surface area (Å²) in [5.74, 6) is -0.117. The Labute approximate surface area is 103 Å². The van der Waals surface area contributed by atoms with Crippen LogP contribution in [0.3, 0.4) is 0 Å². The van der Waals surface area contributed by atoms with Crippen molar-refractivity contribution in [2.75, 3.05) is 0 Å². The standard InChI is InChI=1S/C11H13N3O2S/c1-7(2)9(14(15)16)6-10-8(3)12-11-13(10)4-5-17-11/h4-7H,1-3H3/b9-6-. The molecule has 6 heteroatoms. The number of nitrogens with zero attached hydrogens (tertiary/aromatic N) is 3. The molecule has 0 saturated heterocycles. The second-order valence-electron chi connectivity index (χ2n) is 4.12. The molecule has 0 aromatic carbocycles. The van der Waals surface area contributed by atoms with Gasteiger partial charge in [0.1, 0.15) is 0 Å². The van der Waals surface area contributed by atoms with Gasteiger partial charge in [-0.15, -0.1) is 11.3 Å². The first-order chi connectivity index (χ1) is 8.00. The summed E-state index contributed by atoms with van der Waals surface area (Å²) in [4.78, 5) is 15.9. The van der Waals surface area contributed by atoms with Crippen LogP contribution in [0.5, 0.6) is 0 Å². The molecule has 5 nitrogen and oxygen atoms in total. The average molecular weight is 251 g/mol. The number of allylic oxidation sites excluding steroid dienone is 1. The molecule has 90 valence electrons. The van der Waals surface area contributed by atoms with Crippen LogP contribution in [0.2, 0.25) is 0 Å². The highest BCUT2D eigenvalue weighted by Crippen LogP contribution is 2.21. The van der Waals surface area contributed by atoms with Gasteiger partial charge in [-0.2, -0.15) is 0 Å². The van der Waals surface area contributed by atoms with E-state index in [1.807, 2.05) is 36.7 Å². The van der Waals surface area contributed by atoms with Crippen molar-refractivity contribution in [1.82, 2.24) is 9.38 Å². The van der Waals surface area contributed by atoms with Gasteiger partial charge in [-0.1, -0.05) is 13.8 Å². The molecule has 0 fully saturated rings. The van der Waals surface area contributed by atoms with Crippen molar-refractivity contribution in [2.45, 2.75) is 20.8 Å². The van der Waals surface area contributed by atoms with Crippen LogP contribution in [0.25, 0.3) is 11.0 Å². The molecule has 0 N–H and O–H groups in total. The van der Waals surface area contributed by atoms with Gasteiger partial charge in [0.15, 0.2) is 4.96 Å². The van der Waals surface area contributed by atoms with Gasteiger partial charge in [-0.3, -0.25) is 14.5 Å². The first-order valence-electron chi connectivity index (χ1n) is 5.29. The van der Waals surface area contributed by atoms with Crippen LogP contribution in [0.15, 0.2) is 17.3 Å². The van der Waals surface area contributed by atoms with Gasteiger partial charge in [0.25, 0.3) is 5.70 Å². The van der Waals surface area contributed by atoms with Crippen molar-refractivity contribution in [3.63, 3.8) is 0 Å². The van der Waals surface area contributed by atoms with E-state index < -0.39 is 0 Å². The molecule has 17 heavy (non-hydrogen) atoms. The molecule has 0 aliphatic rings. The van der Waals surface area contributed by atoms with Gasteiger partial charge in [0, 0.05) is 23.6 Å². The van der Waals surface area contributed by atoms with Crippen LogP contribution in [-0.4, -0.2) is 14.3 Å². The molecule has 2 heterocycles. The van der Waals surface area contributed by atoms with E-state index >= 15 is 0 Å². The Hall–Kier alpha value is -1.69. The number of thiazole rings is 1. The Morgan fingerprint density at radius 3 is 2.94 bits per heavy atom. The normalized spacial score (nSPS) is 12.6. The summed E-state index contributed by atoms with van der Waals surface area (Å²) in [6.45, 7) is 5.50. The van der Waals surface area contributed by atoms with Gasteiger partial charge in [-0.05, 0) is 6.92 Å². The third-order valence-corrected chi connectivity index (χ3v) is 3.33. The molecule has 0 unspecified atom stereocenters. The quantitative estimate of drug-likeness (QED) is 0.622. The molecule has 0 aliphatic carbocycles. The van der Waals surface area contributed by atoms with Crippen LogP contribution in [0.1, 0.15) is 25.2 Å². The summed E-state index contributed by atoms with van der Waals surface area (Å²) in [6.07, 6.45) is 3.50. The van der Waals surface area contributed by atoms with Crippen molar-refractivity contribution >= 4 is 22.4 Å². The number of nitro groups is 1. The molecule has 0 saturated carbocycles.